The van der Waals surface area contributed by atoms with E-state index in [9.17, 15) is 0 Å². The van der Waals surface area contributed by atoms with Gasteiger partial charge in [-0.25, -0.2) is 0 Å². The summed E-state index contributed by atoms with van der Waals surface area (Å²) in [4.78, 5) is 0. The van der Waals surface area contributed by atoms with Crippen LogP contribution < -0.4 is 0 Å². The Labute approximate surface area is 94.7 Å². The molecule has 5 heteroatoms. The Kier molecular flexibility index (Phi) is 237. The normalized spacial score (nSPS) is 0. The fourth-order valence-electron chi connectivity index (χ4n) is 0. The minimum atomic E-state index is 0. The number of hydrogen-bond donors (Lipinski definition) is 0. The van der Waals surface area contributed by atoms with Crippen LogP contribution in [0.15, 0.2) is 0 Å². The zero-order valence-electron chi connectivity index (χ0n) is 1.73. The van der Waals surface area contributed by atoms with Crippen LogP contribution in [-0.2, 0) is 96.2 Å². The maximum Gasteiger partial charge on any atom is 0 e. The van der Waals surface area contributed by atoms with E-state index in [2.05, 4.69) is 0 Å². The van der Waals surface area contributed by atoms with Gasteiger partial charge in [0.1, 0.15) is 0 Å². The van der Waals surface area contributed by atoms with Crippen molar-refractivity contribution in [1.82, 2.24) is 0 Å². The third-order valence-corrected chi connectivity index (χ3v) is 0. The van der Waals surface area contributed by atoms with Gasteiger partial charge in [-0.1, -0.05) is 0 Å². The predicted molar refractivity (Wildman–Crippen MR) is 0 cm³/mol. The Morgan fingerprint density at radius 3 is 1.00 bits per heavy atom. The van der Waals surface area contributed by atoms with Crippen LogP contribution >= 0.6 is 0 Å². The van der Waals surface area contributed by atoms with E-state index < -0.39 is 0 Å². The van der Waals surface area contributed by atoms with E-state index in [-0.39, 0.29) is 96.2 Å². The maximum atomic E-state index is 0. The molecule has 42 valence electrons. The molecular formula is MnOsPdRhRu. The van der Waals surface area contributed by atoms with Gasteiger partial charge in [0.25, 0.3) is 0 Å². The van der Waals surface area contributed by atoms with Gasteiger partial charge in [0.05, 0.1) is 0 Å². The van der Waals surface area contributed by atoms with E-state index >= 15 is 0 Å². The summed E-state index contributed by atoms with van der Waals surface area (Å²) in [6.07, 6.45) is 0. The first-order valence-electron chi connectivity index (χ1n) is 0. The molecule has 0 saturated carbocycles. The summed E-state index contributed by atoms with van der Waals surface area (Å²) < 4.78 is 0. The van der Waals surface area contributed by atoms with Crippen LogP contribution in [0, 0.1) is 0 Å². The van der Waals surface area contributed by atoms with Gasteiger partial charge in [-0.2, -0.15) is 0 Å². The summed E-state index contributed by atoms with van der Waals surface area (Å²) in [6, 6.07) is 0. The smallest absolute Gasteiger partial charge is 0 e. The Morgan fingerprint density at radius 2 is 1.00 bits per heavy atom. The van der Waals surface area contributed by atoms with Gasteiger partial charge in [-0.3, -0.25) is 0 Å². The first kappa shape index (κ1) is 42.9. The van der Waals surface area contributed by atoms with Crippen molar-refractivity contribution in [3.63, 3.8) is 0 Å². The molecule has 0 N–H and O–H groups in total. The fraction of sp³-hybridized carbons (Fsp3) is 0. The average Bonchev–Trinajstić information content (AvgIpc) is 0. The number of rotatable bonds is 0. The van der Waals surface area contributed by atoms with Gasteiger partial charge in [0.15, 0.2) is 0 Å². The van der Waals surface area contributed by atoms with Crippen LogP contribution in [0.3, 0.4) is 0 Å². The monoisotopic (exact) mass is 558 g/mol. The van der Waals surface area contributed by atoms with Crippen LogP contribution in [-0.4, -0.2) is 0 Å². The molecule has 0 atom stereocenters. The molecule has 2 radical (unpaired) electrons. The molecule has 0 heterocycles. The predicted octanol–water partition coefficient (Wildman–Crippen LogP) is -0.0125. The Morgan fingerprint density at radius 1 is 1.00 bits per heavy atom. The van der Waals surface area contributed by atoms with Gasteiger partial charge < -0.3 is 0 Å². The molecule has 0 aromatic rings. The molecule has 0 aromatic heterocycles. The van der Waals surface area contributed by atoms with Gasteiger partial charge in [0, 0.05) is 96.2 Å². The van der Waals surface area contributed by atoms with Crippen LogP contribution in [0.4, 0.5) is 0 Å². The molecule has 0 nitrogen and oxygen atoms in total. The van der Waals surface area contributed by atoms with Crippen LogP contribution in [0.1, 0.15) is 0 Å². The van der Waals surface area contributed by atoms with E-state index in [1.165, 1.54) is 0 Å². The van der Waals surface area contributed by atoms with E-state index in [1.54, 1.807) is 0 Å². The van der Waals surface area contributed by atoms with Crippen LogP contribution in [0.2, 0.25) is 0 Å². The molecule has 0 amide bonds. The second-order valence-corrected chi connectivity index (χ2v) is 0. The number of hydrogen-bond acceptors (Lipinski definition) is 0. The van der Waals surface area contributed by atoms with Crippen molar-refractivity contribution in [2.24, 2.45) is 0 Å². The Balaban J connectivity index is 0. The summed E-state index contributed by atoms with van der Waals surface area (Å²) in [5, 5.41) is 0. The molecule has 0 bridgehead atoms. The van der Waals surface area contributed by atoms with Crippen molar-refractivity contribution in [3.05, 3.63) is 0 Å². The van der Waals surface area contributed by atoms with Crippen LogP contribution in [0.25, 0.3) is 0 Å². The fourth-order valence-corrected chi connectivity index (χ4v) is 0. The second kappa shape index (κ2) is 27.7. The quantitative estimate of drug-likeness (QED) is 0.369. The van der Waals surface area contributed by atoms with Crippen molar-refractivity contribution in [1.29, 1.82) is 0 Å². The Bertz CT molecular complexity index is 11.6. The summed E-state index contributed by atoms with van der Waals surface area (Å²) in [6.45, 7) is 0. The van der Waals surface area contributed by atoms with Crippen molar-refractivity contribution in [2.45, 2.75) is 0 Å². The van der Waals surface area contributed by atoms with Gasteiger partial charge in [0.2, 0.25) is 0 Å². The SMILES string of the molecule is [Mn].[Os].[Pd].[Rh].[Ru]. The molecule has 0 aliphatic rings. The molecule has 0 unspecified atom stereocenters. The molecule has 5 heavy (non-hydrogen) atoms. The Hall–Kier alpha value is 3.06. The first-order chi connectivity index (χ1) is 0. The molecule has 0 saturated heterocycles. The molecule has 0 spiro atoms. The first-order valence-corrected chi connectivity index (χ1v) is 0. The van der Waals surface area contributed by atoms with Crippen molar-refractivity contribution < 1.29 is 96.2 Å². The molecule has 0 aliphatic heterocycles. The molecule has 0 aromatic carbocycles. The molecule has 0 fully saturated rings. The zero-order chi connectivity index (χ0) is 0. The maximum absolute atomic E-state index is 0. The minimum absolute atomic E-state index is 0. The van der Waals surface area contributed by atoms with Gasteiger partial charge in [-0.05, 0) is 0 Å². The van der Waals surface area contributed by atoms with Gasteiger partial charge in [-0.15, -0.1) is 0 Å². The molecule has 0 rings (SSSR count). The average molecular weight is 556 g/mol. The third-order valence-electron chi connectivity index (χ3n) is 0. The minimum Gasteiger partial charge on any atom is 0 e. The second-order valence-electron chi connectivity index (χ2n) is 0. The van der Waals surface area contributed by atoms with Crippen LogP contribution in [0.5, 0.6) is 0 Å². The standard InChI is InChI=1S/Mn.Os.Pd.Rh.Ru. The largest absolute Gasteiger partial charge is 0 e. The summed E-state index contributed by atoms with van der Waals surface area (Å²) >= 11 is 0. The van der Waals surface area contributed by atoms with Crippen molar-refractivity contribution in [2.75, 3.05) is 0 Å². The zero-order valence-corrected chi connectivity index (χ0v) is 10.4. The van der Waals surface area contributed by atoms with E-state index in [1.807, 2.05) is 0 Å². The van der Waals surface area contributed by atoms with E-state index in [0.29, 0.717) is 0 Å². The molecule has 0 aliphatic carbocycles. The third kappa shape index (κ3) is 19.3. The van der Waals surface area contributed by atoms with E-state index in [4.69, 9.17) is 0 Å². The summed E-state index contributed by atoms with van der Waals surface area (Å²) in [7, 11) is 0. The topological polar surface area (TPSA) is 0 Å². The van der Waals surface area contributed by atoms with Crippen molar-refractivity contribution in [3.8, 4) is 0 Å². The van der Waals surface area contributed by atoms with E-state index in [0.717, 1.165) is 0 Å². The summed E-state index contributed by atoms with van der Waals surface area (Å²) in [5.41, 5.74) is 0. The van der Waals surface area contributed by atoms with Gasteiger partial charge >= 0.3 is 0 Å². The van der Waals surface area contributed by atoms with Crippen molar-refractivity contribution >= 4 is 0 Å². The molecular weight excluding hydrogens is 556 g/mol. The summed E-state index contributed by atoms with van der Waals surface area (Å²) in [5.74, 6) is 0.